The molecule has 15 heavy (non-hydrogen) atoms. The second kappa shape index (κ2) is 4.89. The van der Waals surface area contributed by atoms with Crippen molar-refractivity contribution in [1.82, 2.24) is 0 Å². The van der Waals surface area contributed by atoms with Crippen molar-refractivity contribution in [3.63, 3.8) is 0 Å². The fourth-order valence-electron chi connectivity index (χ4n) is 1.41. The number of quaternary nitrogens is 1. The number of hydrogen-bond donors (Lipinski definition) is 0. The van der Waals surface area contributed by atoms with Gasteiger partial charge in [0, 0.05) is 12.5 Å². The SMILES string of the molecule is C=CC(=O)[N+](C)(C)CCc1ccccc1. The predicted octanol–water partition coefficient (Wildman–Crippen LogP) is 2.02. The van der Waals surface area contributed by atoms with Crippen LogP contribution in [0.1, 0.15) is 5.56 Å². The van der Waals surface area contributed by atoms with Gasteiger partial charge in [-0.05, 0) is 5.56 Å². The highest BCUT2D eigenvalue weighted by Crippen LogP contribution is 2.05. The van der Waals surface area contributed by atoms with Gasteiger partial charge in [0.1, 0.15) is 0 Å². The molecule has 0 aliphatic carbocycles. The van der Waals surface area contributed by atoms with Crippen molar-refractivity contribution in [2.24, 2.45) is 0 Å². The van der Waals surface area contributed by atoms with Crippen molar-refractivity contribution >= 4 is 5.91 Å². The van der Waals surface area contributed by atoms with Gasteiger partial charge in [-0.1, -0.05) is 36.9 Å². The van der Waals surface area contributed by atoms with Gasteiger partial charge in [-0.15, -0.1) is 0 Å². The van der Waals surface area contributed by atoms with Gasteiger partial charge in [0.2, 0.25) is 0 Å². The van der Waals surface area contributed by atoms with Crippen molar-refractivity contribution in [2.75, 3.05) is 20.6 Å². The predicted molar refractivity (Wildman–Crippen MR) is 62.3 cm³/mol. The van der Waals surface area contributed by atoms with E-state index in [1.54, 1.807) is 0 Å². The van der Waals surface area contributed by atoms with E-state index < -0.39 is 0 Å². The summed E-state index contributed by atoms with van der Waals surface area (Å²) in [6.07, 6.45) is 2.30. The summed E-state index contributed by atoms with van der Waals surface area (Å²) < 4.78 is 0.360. The van der Waals surface area contributed by atoms with E-state index in [0.29, 0.717) is 4.48 Å². The van der Waals surface area contributed by atoms with Crippen LogP contribution in [0, 0.1) is 0 Å². The molecule has 0 fully saturated rings. The van der Waals surface area contributed by atoms with Crippen LogP contribution in [0.15, 0.2) is 43.0 Å². The Hall–Kier alpha value is -1.41. The highest BCUT2D eigenvalue weighted by atomic mass is 16.2. The first kappa shape index (κ1) is 11.7. The molecule has 0 radical (unpaired) electrons. The van der Waals surface area contributed by atoms with E-state index in [0.717, 1.165) is 13.0 Å². The monoisotopic (exact) mass is 204 g/mol. The number of carbonyl (C=O) groups is 1. The van der Waals surface area contributed by atoms with Crippen LogP contribution >= 0.6 is 0 Å². The van der Waals surface area contributed by atoms with Gasteiger partial charge in [-0.2, -0.15) is 0 Å². The quantitative estimate of drug-likeness (QED) is 0.541. The number of benzene rings is 1. The molecule has 0 spiro atoms. The van der Waals surface area contributed by atoms with Crippen LogP contribution < -0.4 is 0 Å². The molecule has 80 valence electrons. The Bertz CT molecular complexity index is 341. The maximum atomic E-state index is 11.5. The van der Waals surface area contributed by atoms with Gasteiger partial charge in [-0.25, -0.2) is 4.79 Å². The highest BCUT2D eigenvalue weighted by Gasteiger charge is 2.22. The molecule has 0 bridgehead atoms. The van der Waals surface area contributed by atoms with Crippen molar-refractivity contribution in [3.8, 4) is 0 Å². The number of amides is 1. The smallest absolute Gasteiger partial charge is 0.261 e. The van der Waals surface area contributed by atoms with E-state index in [9.17, 15) is 4.79 Å². The fourth-order valence-corrected chi connectivity index (χ4v) is 1.41. The van der Waals surface area contributed by atoms with Gasteiger partial charge >= 0.3 is 5.91 Å². The lowest BCUT2D eigenvalue weighted by Crippen LogP contribution is -2.45. The van der Waals surface area contributed by atoms with E-state index in [2.05, 4.69) is 18.7 Å². The Morgan fingerprint density at radius 2 is 1.93 bits per heavy atom. The lowest BCUT2D eigenvalue weighted by Gasteiger charge is -2.25. The van der Waals surface area contributed by atoms with E-state index in [1.807, 2.05) is 32.3 Å². The molecule has 0 heterocycles. The average Bonchev–Trinajstić information content (AvgIpc) is 2.27. The molecule has 0 aliphatic heterocycles. The Kier molecular flexibility index (Phi) is 3.81. The zero-order chi connectivity index (χ0) is 11.3. The van der Waals surface area contributed by atoms with Crippen LogP contribution in [-0.4, -0.2) is 31.0 Å². The third-order valence-electron chi connectivity index (χ3n) is 2.57. The maximum absolute atomic E-state index is 11.5. The molecule has 0 aliphatic rings. The molecule has 0 aromatic heterocycles. The van der Waals surface area contributed by atoms with E-state index >= 15 is 0 Å². The van der Waals surface area contributed by atoms with Gasteiger partial charge in [0.05, 0.1) is 20.6 Å². The molecule has 0 saturated carbocycles. The summed E-state index contributed by atoms with van der Waals surface area (Å²) in [5, 5.41) is 0. The van der Waals surface area contributed by atoms with Gasteiger partial charge in [0.25, 0.3) is 0 Å². The Balaban J connectivity index is 2.57. The molecule has 2 nitrogen and oxygen atoms in total. The first-order chi connectivity index (χ1) is 7.06. The Morgan fingerprint density at radius 1 is 1.33 bits per heavy atom. The zero-order valence-corrected chi connectivity index (χ0v) is 9.44. The van der Waals surface area contributed by atoms with Crippen molar-refractivity contribution in [1.29, 1.82) is 0 Å². The molecule has 1 rings (SSSR count). The Labute approximate surface area is 91.4 Å². The minimum atomic E-state index is 0.0610. The standard InChI is InChI=1S/C13H18NO/c1-4-13(15)14(2,3)11-10-12-8-6-5-7-9-12/h4-9H,1,10-11H2,2-3H3/q+1. The van der Waals surface area contributed by atoms with Gasteiger partial charge < -0.3 is 0 Å². The average molecular weight is 204 g/mol. The van der Waals surface area contributed by atoms with Crippen molar-refractivity contribution < 1.29 is 9.28 Å². The number of likely N-dealkylation sites (N-methyl/N-ethyl adjacent to an activating group) is 1. The Morgan fingerprint density at radius 3 is 2.47 bits per heavy atom. The molecule has 2 heteroatoms. The summed E-state index contributed by atoms with van der Waals surface area (Å²) in [7, 11) is 3.82. The first-order valence-electron chi connectivity index (χ1n) is 5.10. The molecular formula is C13H18NO+. The molecule has 0 N–H and O–H groups in total. The second-order valence-corrected chi connectivity index (χ2v) is 4.19. The molecule has 0 saturated heterocycles. The van der Waals surface area contributed by atoms with Gasteiger partial charge in [-0.3, -0.25) is 4.48 Å². The van der Waals surface area contributed by atoms with Crippen LogP contribution in [0.4, 0.5) is 0 Å². The fraction of sp³-hybridized carbons (Fsp3) is 0.308. The minimum Gasteiger partial charge on any atom is -0.261 e. The number of carbonyl (C=O) groups excluding carboxylic acids is 1. The van der Waals surface area contributed by atoms with Crippen molar-refractivity contribution in [2.45, 2.75) is 6.42 Å². The van der Waals surface area contributed by atoms with Gasteiger partial charge in [0.15, 0.2) is 0 Å². The van der Waals surface area contributed by atoms with Crippen LogP contribution in [0.2, 0.25) is 0 Å². The summed E-state index contributed by atoms with van der Waals surface area (Å²) in [5.74, 6) is 0.0610. The number of nitrogens with zero attached hydrogens (tertiary/aromatic N) is 1. The summed E-state index contributed by atoms with van der Waals surface area (Å²) in [4.78, 5) is 11.5. The minimum absolute atomic E-state index is 0.0610. The van der Waals surface area contributed by atoms with E-state index in [-0.39, 0.29) is 5.91 Å². The number of rotatable bonds is 4. The maximum Gasteiger partial charge on any atom is 0.337 e. The topological polar surface area (TPSA) is 17.1 Å². The molecule has 0 atom stereocenters. The molecule has 1 amide bonds. The molecule has 0 unspecified atom stereocenters. The van der Waals surface area contributed by atoms with E-state index in [4.69, 9.17) is 0 Å². The van der Waals surface area contributed by atoms with Crippen LogP contribution in [-0.2, 0) is 11.2 Å². The summed E-state index contributed by atoms with van der Waals surface area (Å²) in [6, 6.07) is 10.2. The molecular weight excluding hydrogens is 186 g/mol. The van der Waals surface area contributed by atoms with Crippen molar-refractivity contribution in [3.05, 3.63) is 48.6 Å². The highest BCUT2D eigenvalue weighted by molar-refractivity contribution is 5.80. The summed E-state index contributed by atoms with van der Waals surface area (Å²) in [6.45, 7) is 4.32. The molecule has 1 aromatic carbocycles. The summed E-state index contributed by atoms with van der Waals surface area (Å²) >= 11 is 0. The lowest BCUT2D eigenvalue weighted by molar-refractivity contribution is -0.810. The normalized spacial score (nSPS) is 11.1. The van der Waals surface area contributed by atoms with Crippen LogP contribution in [0.25, 0.3) is 0 Å². The third kappa shape index (κ3) is 3.33. The summed E-state index contributed by atoms with van der Waals surface area (Å²) in [5.41, 5.74) is 1.26. The molecule has 1 aromatic rings. The number of hydrogen-bond acceptors (Lipinski definition) is 1. The first-order valence-corrected chi connectivity index (χ1v) is 5.10. The lowest BCUT2D eigenvalue weighted by atomic mass is 10.1. The largest absolute Gasteiger partial charge is 0.337 e. The second-order valence-electron chi connectivity index (χ2n) is 4.19. The zero-order valence-electron chi connectivity index (χ0n) is 9.44. The van der Waals surface area contributed by atoms with Crippen LogP contribution in [0.5, 0.6) is 0 Å². The van der Waals surface area contributed by atoms with E-state index in [1.165, 1.54) is 11.6 Å². The van der Waals surface area contributed by atoms with Crippen LogP contribution in [0.3, 0.4) is 0 Å². The third-order valence-corrected chi connectivity index (χ3v) is 2.57.